The summed E-state index contributed by atoms with van der Waals surface area (Å²) >= 11 is 0. The van der Waals surface area contributed by atoms with E-state index in [2.05, 4.69) is 19.4 Å². The Labute approximate surface area is 429 Å². The van der Waals surface area contributed by atoms with Crippen molar-refractivity contribution in [1.82, 2.24) is 9.97 Å². The van der Waals surface area contributed by atoms with Gasteiger partial charge in [-0.15, -0.1) is 0 Å². The summed E-state index contributed by atoms with van der Waals surface area (Å²) < 4.78 is 118. The monoisotopic (exact) mass is 1080 g/mol. The molecule has 0 bridgehead atoms. The lowest BCUT2D eigenvalue weighted by atomic mass is 10.1. The van der Waals surface area contributed by atoms with E-state index in [0.717, 1.165) is 37.1 Å². The van der Waals surface area contributed by atoms with Gasteiger partial charge >= 0.3 is 11.9 Å². The van der Waals surface area contributed by atoms with Gasteiger partial charge in [0, 0.05) is 21.5 Å². The molecule has 0 radical (unpaired) electrons. The molecular formula is C52H50N6O12S4. The maximum atomic E-state index is 13.7. The predicted octanol–water partition coefficient (Wildman–Crippen LogP) is 8.34. The summed E-state index contributed by atoms with van der Waals surface area (Å²) in [7, 11) is -16.5. The second-order valence-electron chi connectivity index (χ2n) is 16.8. The van der Waals surface area contributed by atoms with Crippen LogP contribution in [0.3, 0.4) is 0 Å². The van der Waals surface area contributed by atoms with Crippen molar-refractivity contribution in [3.05, 3.63) is 180 Å². The highest BCUT2D eigenvalue weighted by Gasteiger charge is 2.32. The number of fused-ring (bicyclic) bond motifs is 2. The van der Waals surface area contributed by atoms with Crippen LogP contribution in [0.25, 0.3) is 21.5 Å². The maximum absolute atomic E-state index is 13.7. The number of hydrogen-bond acceptors (Lipinski definition) is 13. The molecule has 0 aliphatic carbocycles. The number of aryl methyl sites for hydroxylation is 4. The van der Waals surface area contributed by atoms with Gasteiger partial charge in [0.2, 0.25) is 0 Å². The Balaban J connectivity index is 0.000000217. The number of aromatic nitrogens is 2. The summed E-state index contributed by atoms with van der Waals surface area (Å²) in [5, 5.41) is 10.9. The zero-order chi connectivity index (χ0) is 53.6. The molecule has 2 heterocycles. The second-order valence-corrected chi connectivity index (χ2v) is 23.9. The number of pyridine rings is 2. The number of carboxylic acids is 1. The van der Waals surface area contributed by atoms with E-state index in [9.17, 15) is 48.4 Å². The van der Waals surface area contributed by atoms with E-state index in [1.165, 1.54) is 54.7 Å². The molecule has 0 aliphatic heterocycles. The van der Waals surface area contributed by atoms with Crippen LogP contribution in [0.2, 0.25) is 0 Å². The number of sulfonamides is 4. The van der Waals surface area contributed by atoms with Gasteiger partial charge in [-0.1, -0.05) is 119 Å². The first-order valence-corrected chi connectivity index (χ1v) is 28.4. The molecule has 0 unspecified atom stereocenters. The number of rotatable bonds is 17. The third-order valence-electron chi connectivity index (χ3n) is 11.3. The Morgan fingerprint density at radius 1 is 0.473 bits per heavy atom. The lowest BCUT2D eigenvalue weighted by molar-refractivity contribution is -0.141. The average Bonchev–Trinajstić information content (AvgIpc) is 3.36. The fourth-order valence-corrected chi connectivity index (χ4v) is 12.3. The molecule has 8 aromatic rings. The highest BCUT2D eigenvalue weighted by molar-refractivity contribution is 7.93. The third-order valence-corrected chi connectivity index (χ3v) is 17.5. The SMILES string of the molecule is CCOC(=O)CN(c1cnc(NS(=O)(=O)c2ccc(C)cc2)c2ccccc12)S(=O)(=O)c1ccc(C)cc1.Cc1ccc(S(=O)(=O)Nc2ncc(N(CC(=O)O)S(=O)(=O)c3ccc(C)cc3)c3ccccc23)cc1. The van der Waals surface area contributed by atoms with Crippen LogP contribution >= 0.6 is 0 Å². The summed E-state index contributed by atoms with van der Waals surface area (Å²) in [5.41, 5.74) is 3.64. The Morgan fingerprint density at radius 2 is 0.784 bits per heavy atom. The van der Waals surface area contributed by atoms with Crippen molar-refractivity contribution in [2.75, 3.05) is 37.8 Å². The summed E-state index contributed by atoms with van der Waals surface area (Å²) in [5.74, 6) is -2.10. The van der Waals surface area contributed by atoms with Crippen molar-refractivity contribution in [2.45, 2.75) is 54.2 Å². The number of nitrogens with one attached hydrogen (secondary N) is 2. The van der Waals surface area contributed by atoms with Crippen LogP contribution in [0, 0.1) is 27.7 Å². The van der Waals surface area contributed by atoms with E-state index in [4.69, 9.17) is 4.74 Å². The Morgan fingerprint density at radius 3 is 1.11 bits per heavy atom. The van der Waals surface area contributed by atoms with Crippen molar-refractivity contribution >= 4 is 96.6 Å². The molecule has 0 fully saturated rings. The molecule has 8 rings (SSSR count). The van der Waals surface area contributed by atoms with Gasteiger partial charge in [0.25, 0.3) is 40.1 Å². The van der Waals surface area contributed by atoms with Gasteiger partial charge in [-0.2, -0.15) is 0 Å². The minimum atomic E-state index is -4.28. The van der Waals surface area contributed by atoms with Crippen molar-refractivity contribution in [1.29, 1.82) is 0 Å². The first-order valence-electron chi connectivity index (χ1n) is 22.5. The summed E-state index contributed by atoms with van der Waals surface area (Å²) in [4.78, 5) is 32.6. The molecular weight excluding hydrogens is 1030 g/mol. The maximum Gasteiger partial charge on any atom is 0.326 e. The first-order chi connectivity index (χ1) is 35.0. The quantitative estimate of drug-likeness (QED) is 0.0725. The summed E-state index contributed by atoms with van der Waals surface area (Å²) in [6, 6.07) is 38.0. The second kappa shape index (κ2) is 22.1. The molecule has 6 aromatic carbocycles. The Kier molecular flexibility index (Phi) is 16.1. The average molecular weight is 1080 g/mol. The Bertz CT molecular complexity index is 3840. The zero-order valence-corrected chi connectivity index (χ0v) is 43.8. The van der Waals surface area contributed by atoms with Crippen molar-refractivity contribution in [2.24, 2.45) is 0 Å². The number of carbonyl (C=O) groups excluding carboxylic acids is 1. The van der Waals surface area contributed by atoms with Crippen LogP contribution in [0.15, 0.2) is 178 Å². The van der Waals surface area contributed by atoms with Gasteiger partial charge in [-0.05, 0) is 83.1 Å². The van der Waals surface area contributed by atoms with E-state index in [0.29, 0.717) is 21.5 Å². The van der Waals surface area contributed by atoms with Crippen LogP contribution in [-0.2, 0) is 54.4 Å². The number of hydrogen-bond donors (Lipinski definition) is 3. The zero-order valence-electron chi connectivity index (χ0n) is 40.5. The number of esters is 1. The van der Waals surface area contributed by atoms with Crippen LogP contribution in [0.5, 0.6) is 0 Å². The topological polar surface area (TPSA) is 256 Å². The molecule has 384 valence electrons. The van der Waals surface area contributed by atoms with Crippen LogP contribution in [0.4, 0.5) is 23.0 Å². The molecule has 2 aromatic heterocycles. The number of aliphatic carboxylic acids is 1. The number of carbonyl (C=O) groups is 2. The number of nitrogens with zero attached hydrogens (tertiary/aromatic N) is 4. The minimum Gasteiger partial charge on any atom is -0.480 e. The van der Waals surface area contributed by atoms with Gasteiger partial charge in [0.1, 0.15) is 24.7 Å². The molecule has 18 nitrogen and oxygen atoms in total. The standard InChI is InChI=1S/C27H27N3O6S2.C25H23N3O6S2/c1-4-36-26(31)18-30(38(34,35)22-15-11-20(3)12-16-22)25-17-28-27(24-8-6-5-7-23(24)25)29-37(32,33)21-13-9-19(2)10-14-21;1-17-7-11-19(12-8-17)35(31,32)27-25-22-6-4-3-5-21(22)23(15-26-25)28(16-24(29)30)36(33,34)20-13-9-18(2)10-14-20/h5-17H,4,18H2,1-3H3,(H,28,29);3-15H,16H2,1-2H3,(H,26,27)(H,29,30). The first kappa shape index (κ1) is 53.9. The van der Waals surface area contributed by atoms with Gasteiger partial charge in [0.05, 0.1) is 50.0 Å². The summed E-state index contributed by atoms with van der Waals surface area (Å²) in [6.07, 6.45) is 2.39. The van der Waals surface area contributed by atoms with Gasteiger partial charge < -0.3 is 9.84 Å². The van der Waals surface area contributed by atoms with E-state index in [1.807, 2.05) is 20.8 Å². The number of anilines is 4. The highest BCUT2D eigenvalue weighted by atomic mass is 32.2. The molecule has 0 aliphatic rings. The molecule has 3 N–H and O–H groups in total. The molecule has 0 saturated heterocycles. The normalized spacial score (nSPS) is 11.8. The van der Waals surface area contributed by atoms with Crippen molar-refractivity contribution < 1.29 is 53.1 Å². The summed E-state index contributed by atoms with van der Waals surface area (Å²) in [6.45, 7) is 7.59. The van der Waals surface area contributed by atoms with Crippen molar-refractivity contribution in [3.8, 4) is 0 Å². The van der Waals surface area contributed by atoms with E-state index in [-0.39, 0.29) is 49.2 Å². The van der Waals surface area contributed by atoms with E-state index < -0.39 is 65.1 Å². The molecule has 0 amide bonds. The fourth-order valence-electron chi connectivity index (χ4n) is 7.44. The molecule has 0 saturated carbocycles. The third kappa shape index (κ3) is 12.1. The van der Waals surface area contributed by atoms with Crippen LogP contribution in [0.1, 0.15) is 29.2 Å². The lowest BCUT2D eigenvalue weighted by Gasteiger charge is -2.25. The van der Waals surface area contributed by atoms with Crippen molar-refractivity contribution in [3.63, 3.8) is 0 Å². The lowest BCUT2D eigenvalue weighted by Crippen LogP contribution is -2.37. The predicted molar refractivity (Wildman–Crippen MR) is 283 cm³/mol. The molecule has 0 atom stereocenters. The van der Waals surface area contributed by atoms with Gasteiger partial charge in [-0.3, -0.25) is 27.6 Å². The number of benzene rings is 6. The minimum absolute atomic E-state index is 0.00635. The van der Waals surface area contributed by atoms with E-state index in [1.54, 1.807) is 111 Å². The smallest absolute Gasteiger partial charge is 0.326 e. The van der Waals surface area contributed by atoms with E-state index >= 15 is 0 Å². The molecule has 0 spiro atoms. The highest BCUT2D eigenvalue weighted by Crippen LogP contribution is 2.36. The number of carboxylic acid groups (broad SMARTS) is 1. The molecule has 74 heavy (non-hydrogen) atoms. The Hall–Kier alpha value is -7.92. The molecule has 22 heteroatoms. The van der Waals surface area contributed by atoms with Crippen LogP contribution in [-0.4, -0.2) is 80.4 Å². The number of ether oxygens (including phenoxy) is 1. The van der Waals surface area contributed by atoms with Gasteiger partial charge in [0.15, 0.2) is 0 Å². The van der Waals surface area contributed by atoms with Crippen LogP contribution < -0.4 is 18.1 Å². The fraction of sp³-hybridized carbons (Fsp3) is 0.154. The largest absolute Gasteiger partial charge is 0.480 e. The van der Waals surface area contributed by atoms with Gasteiger partial charge in [-0.25, -0.2) is 43.6 Å².